The van der Waals surface area contributed by atoms with Gasteiger partial charge in [0.05, 0.1) is 5.69 Å². The lowest BCUT2D eigenvalue weighted by atomic mass is 9.97. The maximum atomic E-state index is 13.6. The summed E-state index contributed by atoms with van der Waals surface area (Å²) in [6.45, 7) is 2.97. The Morgan fingerprint density at radius 3 is 2.44 bits per heavy atom. The van der Waals surface area contributed by atoms with Gasteiger partial charge in [0.2, 0.25) is 21.8 Å². The summed E-state index contributed by atoms with van der Waals surface area (Å²) in [5, 5.41) is 2.86. The van der Waals surface area contributed by atoms with Crippen molar-refractivity contribution in [2.45, 2.75) is 44.0 Å². The molecule has 2 heterocycles. The number of sulfonamides is 1. The van der Waals surface area contributed by atoms with Crippen molar-refractivity contribution in [1.82, 2.24) is 9.62 Å². The Morgan fingerprint density at radius 1 is 1.12 bits per heavy atom. The van der Waals surface area contributed by atoms with Crippen LogP contribution in [-0.4, -0.2) is 44.2 Å². The van der Waals surface area contributed by atoms with Crippen molar-refractivity contribution in [1.29, 1.82) is 0 Å². The number of nitrogens with one attached hydrogen (secondary N) is 1. The van der Waals surface area contributed by atoms with E-state index in [0.717, 1.165) is 11.1 Å². The second kappa shape index (κ2) is 10.1. The van der Waals surface area contributed by atoms with E-state index in [4.69, 9.17) is 0 Å². The maximum absolute atomic E-state index is 13.6. The lowest BCUT2D eigenvalue weighted by Gasteiger charge is -2.31. The van der Waals surface area contributed by atoms with Crippen molar-refractivity contribution in [3.8, 4) is 0 Å². The van der Waals surface area contributed by atoms with E-state index < -0.39 is 10.0 Å². The van der Waals surface area contributed by atoms with Crippen LogP contribution in [0.3, 0.4) is 0 Å². The number of anilines is 1. The molecule has 2 aliphatic heterocycles. The van der Waals surface area contributed by atoms with Crippen LogP contribution in [0.5, 0.6) is 0 Å². The zero-order valence-electron chi connectivity index (χ0n) is 18.9. The largest absolute Gasteiger partial charge is 0.352 e. The zero-order valence-corrected chi connectivity index (χ0v) is 21.3. The Morgan fingerprint density at radius 2 is 1.79 bits per heavy atom. The summed E-state index contributed by atoms with van der Waals surface area (Å²) >= 11 is 3.42. The number of carbonyl (C=O) groups is 2. The number of hydrogen-bond donors (Lipinski definition) is 1. The van der Waals surface area contributed by atoms with Gasteiger partial charge < -0.3 is 10.2 Å². The Kier molecular flexibility index (Phi) is 7.39. The van der Waals surface area contributed by atoms with E-state index in [2.05, 4.69) is 21.2 Å². The van der Waals surface area contributed by atoms with Crippen molar-refractivity contribution in [3.05, 3.63) is 57.8 Å². The second-order valence-corrected chi connectivity index (χ2v) is 11.4. The highest BCUT2D eigenvalue weighted by molar-refractivity contribution is 9.10. The number of rotatable bonds is 6. The molecule has 2 aromatic rings. The third-order valence-corrected chi connectivity index (χ3v) is 8.79. The van der Waals surface area contributed by atoms with E-state index in [1.807, 2.05) is 6.07 Å². The minimum absolute atomic E-state index is 0.103. The molecule has 1 saturated heterocycles. The SMILES string of the molecule is CCC(=O)N1CCc2cc(Br)cc(S(=O)(=O)N3CCC(C(=O)NCc4ccc(F)cc4)CC3)c21. The smallest absolute Gasteiger partial charge is 0.245 e. The van der Waals surface area contributed by atoms with Crippen molar-refractivity contribution in [2.24, 2.45) is 5.92 Å². The quantitative estimate of drug-likeness (QED) is 0.594. The molecule has 10 heteroatoms. The highest BCUT2D eigenvalue weighted by Crippen LogP contribution is 2.39. The molecule has 0 radical (unpaired) electrons. The predicted molar refractivity (Wildman–Crippen MR) is 130 cm³/mol. The van der Waals surface area contributed by atoms with Gasteiger partial charge in [-0.2, -0.15) is 4.31 Å². The summed E-state index contributed by atoms with van der Waals surface area (Å²) in [6, 6.07) is 9.37. The Bertz CT molecular complexity index is 1200. The van der Waals surface area contributed by atoms with Gasteiger partial charge in [0.1, 0.15) is 10.7 Å². The minimum Gasteiger partial charge on any atom is -0.352 e. The summed E-state index contributed by atoms with van der Waals surface area (Å²) < 4.78 is 42.3. The van der Waals surface area contributed by atoms with Crippen LogP contribution < -0.4 is 10.2 Å². The Balaban J connectivity index is 1.45. The predicted octanol–water partition coefficient (Wildman–Crippen LogP) is 3.60. The molecule has 1 fully saturated rings. The van der Waals surface area contributed by atoms with Crippen LogP contribution in [0.1, 0.15) is 37.3 Å². The Labute approximate surface area is 207 Å². The van der Waals surface area contributed by atoms with E-state index >= 15 is 0 Å². The standard InChI is InChI=1S/C24H27BrFN3O4S/c1-2-22(30)29-12-9-18-13-19(25)14-21(23(18)29)34(32,33)28-10-7-17(8-11-28)24(31)27-15-16-3-5-20(26)6-4-16/h3-6,13-14,17H,2,7-12,15H2,1H3,(H,27,31). The molecule has 34 heavy (non-hydrogen) atoms. The van der Waals surface area contributed by atoms with E-state index in [9.17, 15) is 22.4 Å². The van der Waals surface area contributed by atoms with E-state index in [1.165, 1.54) is 16.4 Å². The van der Waals surface area contributed by atoms with Crippen LogP contribution in [0.4, 0.5) is 10.1 Å². The second-order valence-electron chi connectivity index (χ2n) is 8.58. The molecular weight excluding hydrogens is 525 g/mol. The van der Waals surface area contributed by atoms with Crippen molar-refractivity contribution in [3.63, 3.8) is 0 Å². The van der Waals surface area contributed by atoms with Gasteiger partial charge in [-0.25, -0.2) is 12.8 Å². The van der Waals surface area contributed by atoms with Crippen LogP contribution in [0, 0.1) is 11.7 Å². The third kappa shape index (κ3) is 5.04. The molecule has 1 N–H and O–H groups in total. The van der Waals surface area contributed by atoms with Gasteiger partial charge in [-0.15, -0.1) is 0 Å². The lowest BCUT2D eigenvalue weighted by Crippen LogP contribution is -2.43. The summed E-state index contributed by atoms with van der Waals surface area (Å²) in [7, 11) is -3.85. The highest BCUT2D eigenvalue weighted by atomic mass is 79.9. The van der Waals surface area contributed by atoms with Gasteiger partial charge in [-0.3, -0.25) is 9.59 Å². The first-order valence-corrected chi connectivity index (χ1v) is 13.6. The first kappa shape index (κ1) is 24.8. The molecule has 0 aliphatic carbocycles. The van der Waals surface area contributed by atoms with Crippen molar-refractivity contribution < 1.29 is 22.4 Å². The molecule has 0 bridgehead atoms. The van der Waals surface area contributed by atoms with Crippen molar-refractivity contribution >= 4 is 43.5 Å². The average Bonchev–Trinajstić information content (AvgIpc) is 3.26. The molecule has 0 unspecified atom stereocenters. The molecule has 0 aromatic heterocycles. The van der Waals surface area contributed by atoms with Crippen LogP contribution in [0.2, 0.25) is 0 Å². The van der Waals surface area contributed by atoms with Gasteiger partial charge >= 0.3 is 0 Å². The number of piperidine rings is 1. The van der Waals surface area contributed by atoms with Gasteiger partial charge in [0.15, 0.2) is 0 Å². The van der Waals surface area contributed by atoms with E-state index in [-0.39, 0.29) is 41.5 Å². The molecule has 2 aromatic carbocycles. The molecule has 2 amide bonds. The van der Waals surface area contributed by atoms with E-state index in [1.54, 1.807) is 30.0 Å². The molecule has 0 saturated carbocycles. The van der Waals surface area contributed by atoms with Crippen LogP contribution in [0.15, 0.2) is 45.8 Å². The maximum Gasteiger partial charge on any atom is 0.245 e. The normalized spacial score (nSPS) is 17.0. The number of carbonyl (C=O) groups excluding carboxylic acids is 2. The third-order valence-electron chi connectivity index (χ3n) is 6.42. The molecule has 0 atom stereocenters. The molecule has 4 rings (SSSR count). The molecule has 0 spiro atoms. The topological polar surface area (TPSA) is 86.8 Å². The van der Waals surface area contributed by atoms with Crippen LogP contribution in [0.25, 0.3) is 0 Å². The fourth-order valence-corrected chi connectivity index (χ4v) is 6.93. The highest BCUT2D eigenvalue weighted by Gasteiger charge is 2.37. The number of fused-ring (bicyclic) bond motifs is 1. The first-order valence-electron chi connectivity index (χ1n) is 11.4. The molecule has 182 valence electrons. The molecule has 2 aliphatic rings. The monoisotopic (exact) mass is 551 g/mol. The lowest BCUT2D eigenvalue weighted by molar-refractivity contribution is -0.126. The van der Waals surface area contributed by atoms with Gasteiger partial charge in [0, 0.05) is 43.0 Å². The summed E-state index contributed by atoms with van der Waals surface area (Å²) in [4.78, 5) is 26.8. The summed E-state index contributed by atoms with van der Waals surface area (Å²) in [5.41, 5.74) is 2.11. The molecule has 7 nitrogen and oxygen atoms in total. The van der Waals surface area contributed by atoms with Crippen molar-refractivity contribution in [2.75, 3.05) is 24.5 Å². The van der Waals surface area contributed by atoms with Crippen LogP contribution in [-0.2, 0) is 32.6 Å². The number of benzene rings is 2. The Hall–Kier alpha value is -2.30. The van der Waals surface area contributed by atoms with Crippen LogP contribution >= 0.6 is 15.9 Å². The fraction of sp³-hybridized carbons (Fsp3) is 0.417. The fourth-order valence-electron chi connectivity index (χ4n) is 4.54. The van der Waals surface area contributed by atoms with Gasteiger partial charge in [-0.05, 0) is 54.7 Å². The van der Waals surface area contributed by atoms with Gasteiger partial charge in [0.25, 0.3) is 0 Å². The summed E-state index contributed by atoms with van der Waals surface area (Å²) in [5.74, 6) is -0.862. The minimum atomic E-state index is -3.85. The van der Waals surface area contributed by atoms with Gasteiger partial charge in [-0.1, -0.05) is 35.0 Å². The van der Waals surface area contributed by atoms with E-state index in [0.29, 0.717) is 48.9 Å². The number of halogens is 2. The first-order chi connectivity index (χ1) is 16.2. The number of hydrogen-bond acceptors (Lipinski definition) is 4. The number of amides is 2. The number of nitrogens with zero attached hydrogens (tertiary/aromatic N) is 2. The molecular formula is C24H27BrFN3O4S. The zero-order chi connectivity index (χ0) is 24.5. The average molecular weight is 552 g/mol. The summed E-state index contributed by atoms with van der Waals surface area (Å²) in [6.07, 6.45) is 1.72.